The van der Waals surface area contributed by atoms with Crippen LogP contribution in [0.15, 0.2) is 23.8 Å². The minimum atomic E-state index is -0.924. The van der Waals surface area contributed by atoms with Gasteiger partial charge in [0.15, 0.2) is 11.6 Å². The van der Waals surface area contributed by atoms with Gasteiger partial charge in [-0.1, -0.05) is 31.1 Å². The van der Waals surface area contributed by atoms with Crippen molar-refractivity contribution in [3.63, 3.8) is 0 Å². The van der Waals surface area contributed by atoms with E-state index in [9.17, 15) is 13.6 Å². The van der Waals surface area contributed by atoms with E-state index in [1.807, 2.05) is 0 Å². The molecule has 3 aliphatic carbocycles. The lowest BCUT2D eigenvalue weighted by Crippen LogP contribution is -2.29. The smallest absolute Gasteiger partial charge is 0.309 e. The molecule has 0 aromatic heterocycles. The van der Waals surface area contributed by atoms with E-state index >= 15 is 0 Å². The van der Waals surface area contributed by atoms with Gasteiger partial charge < -0.3 is 9.47 Å². The maximum Gasteiger partial charge on any atom is 0.309 e. The van der Waals surface area contributed by atoms with Gasteiger partial charge in [0.2, 0.25) is 5.82 Å². The van der Waals surface area contributed by atoms with Crippen molar-refractivity contribution >= 4 is 5.97 Å². The van der Waals surface area contributed by atoms with E-state index in [0.717, 1.165) is 32.1 Å². The molecule has 164 valence electrons. The highest BCUT2D eigenvalue weighted by molar-refractivity contribution is 5.74. The summed E-state index contributed by atoms with van der Waals surface area (Å²) in [4.78, 5) is 12.9. The number of hydrogen-bond donors (Lipinski definition) is 0. The topological polar surface area (TPSA) is 35.5 Å². The molecule has 3 atom stereocenters. The largest absolute Gasteiger partial charge is 0.494 e. The van der Waals surface area contributed by atoms with Gasteiger partial charge in [0.05, 0.1) is 13.0 Å². The average Bonchev–Trinajstić information content (AvgIpc) is 3.34. The summed E-state index contributed by atoms with van der Waals surface area (Å²) in [5, 5.41) is 0. The first kappa shape index (κ1) is 21.3. The molecule has 0 amide bonds. The number of rotatable bonds is 6. The summed E-state index contributed by atoms with van der Waals surface area (Å²) in [6, 6.07) is 3.10. The van der Waals surface area contributed by atoms with Crippen LogP contribution in [0.4, 0.5) is 8.78 Å². The molecule has 3 aliphatic rings. The molecule has 2 fully saturated rings. The maximum absolute atomic E-state index is 14.4. The Balaban J connectivity index is 1.31. The minimum Gasteiger partial charge on any atom is -0.494 e. The van der Waals surface area contributed by atoms with Crippen LogP contribution >= 0.6 is 0 Å². The summed E-state index contributed by atoms with van der Waals surface area (Å²) in [5.74, 6) is -0.886. The number of benzene rings is 1. The third-order valence-corrected chi connectivity index (χ3v) is 7.49. The molecule has 0 spiro atoms. The van der Waals surface area contributed by atoms with Gasteiger partial charge in [-0.3, -0.25) is 4.79 Å². The highest BCUT2D eigenvalue weighted by atomic mass is 19.2. The lowest BCUT2D eigenvalue weighted by molar-refractivity contribution is -0.157. The lowest BCUT2D eigenvalue weighted by Gasteiger charge is -2.30. The predicted molar refractivity (Wildman–Crippen MR) is 111 cm³/mol. The third-order valence-electron chi connectivity index (χ3n) is 7.49. The molecule has 0 bridgehead atoms. The predicted octanol–water partition coefficient (Wildman–Crippen LogP) is 6.32. The molecular weight excluding hydrogens is 386 g/mol. The Hall–Kier alpha value is -1.91. The Labute approximate surface area is 177 Å². The number of halogens is 2. The van der Waals surface area contributed by atoms with E-state index < -0.39 is 11.6 Å². The lowest BCUT2D eigenvalue weighted by atomic mass is 9.82. The molecule has 5 heteroatoms. The van der Waals surface area contributed by atoms with Crippen molar-refractivity contribution in [2.24, 2.45) is 17.8 Å². The number of fused-ring (bicyclic) bond motifs is 1. The van der Waals surface area contributed by atoms with Crippen molar-refractivity contribution < 1.29 is 23.0 Å². The summed E-state index contributed by atoms with van der Waals surface area (Å²) in [6.45, 7) is 2.21. The zero-order valence-corrected chi connectivity index (χ0v) is 18.0. The number of carbonyl (C=O) groups excluding carboxylic acids is 1. The van der Waals surface area contributed by atoms with Crippen LogP contribution in [0.3, 0.4) is 0 Å². The molecule has 0 N–H and O–H groups in total. The number of methoxy groups -OCH3 is 1. The molecule has 0 saturated heterocycles. The van der Waals surface area contributed by atoms with E-state index in [1.165, 1.54) is 13.2 Å². The number of hydrogen-bond acceptors (Lipinski definition) is 3. The summed E-state index contributed by atoms with van der Waals surface area (Å²) >= 11 is 0. The molecule has 2 saturated carbocycles. The number of esters is 1. The van der Waals surface area contributed by atoms with E-state index in [4.69, 9.17) is 9.47 Å². The van der Waals surface area contributed by atoms with Crippen LogP contribution in [0.2, 0.25) is 0 Å². The van der Waals surface area contributed by atoms with Gasteiger partial charge in [-0.05, 0) is 80.8 Å². The van der Waals surface area contributed by atoms with Crippen LogP contribution < -0.4 is 4.74 Å². The fourth-order valence-corrected chi connectivity index (χ4v) is 5.93. The van der Waals surface area contributed by atoms with Gasteiger partial charge in [0.25, 0.3) is 0 Å². The van der Waals surface area contributed by atoms with Crippen LogP contribution in [0.5, 0.6) is 5.75 Å². The number of carbonyl (C=O) groups is 1. The van der Waals surface area contributed by atoms with Gasteiger partial charge in [-0.25, -0.2) is 4.39 Å². The third kappa shape index (κ3) is 4.00. The highest BCUT2D eigenvalue weighted by Gasteiger charge is 2.44. The first-order valence-corrected chi connectivity index (χ1v) is 11.4. The summed E-state index contributed by atoms with van der Waals surface area (Å²) in [6.07, 6.45) is 10.4. The van der Waals surface area contributed by atoms with Crippen molar-refractivity contribution in [2.45, 2.75) is 76.7 Å². The van der Waals surface area contributed by atoms with Crippen LogP contribution in [-0.4, -0.2) is 19.2 Å². The van der Waals surface area contributed by atoms with E-state index in [1.54, 1.807) is 11.6 Å². The minimum absolute atomic E-state index is 0.0199. The first-order chi connectivity index (χ1) is 14.5. The number of ether oxygens (including phenoxy) is 2. The molecule has 0 heterocycles. The normalized spacial score (nSPS) is 30.7. The van der Waals surface area contributed by atoms with Crippen molar-refractivity contribution in [1.82, 2.24) is 0 Å². The van der Waals surface area contributed by atoms with Gasteiger partial charge in [-0.15, -0.1) is 0 Å². The second-order valence-corrected chi connectivity index (χ2v) is 9.11. The average molecular weight is 419 g/mol. The van der Waals surface area contributed by atoms with Gasteiger partial charge >= 0.3 is 5.97 Å². The number of allylic oxidation sites excluding steroid dienone is 2. The quantitative estimate of drug-likeness (QED) is 0.401. The van der Waals surface area contributed by atoms with Gasteiger partial charge in [0.1, 0.15) is 6.10 Å². The molecule has 0 aliphatic heterocycles. The van der Waals surface area contributed by atoms with Crippen molar-refractivity contribution in [1.29, 1.82) is 0 Å². The Morgan fingerprint density at radius 3 is 2.53 bits per heavy atom. The van der Waals surface area contributed by atoms with Crippen molar-refractivity contribution in [3.8, 4) is 5.75 Å². The van der Waals surface area contributed by atoms with Crippen LogP contribution in [-0.2, 0) is 9.53 Å². The van der Waals surface area contributed by atoms with Gasteiger partial charge in [0, 0.05) is 0 Å². The Morgan fingerprint density at radius 2 is 1.83 bits per heavy atom. The molecule has 1 aromatic rings. The van der Waals surface area contributed by atoms with Crippen LogP contribution in [0.1, 0.15) is 76.2 Å². The van der Waals surface area contributed by atoms with E-state index in [2.05, 4.69) is 13.0 Å². The van der Waals surface area contributed by atoms with Crippen molar-refractivity contribution in [3.05, 3.63) is 41.0 Å². The van der Waals surface area contributed by atoms with Gasteiger partial charge in [-0.2, -0.15) is 4.39 Å². The second kappa shape index (κ2) is 9.07. The molecule has 3 unspecified atom stereocenters. The zero-order chi connectivity index (χ0) is 21.3. The second-order valence-electron chi connectivity index (χ2n) is 9.11. The molecule has 3 nitrogen and oxygen atoms in total. The summed E-state index contributed by atoms with van der Waals surface area (Å²) < 4.78 is 39.2. The maximum atomic E-state index is 14.4. The van der Waals surface area contributed by atoms with E-state index in [0.29, 0.717) is 43.1 Å². The standard InChI is InChI=1S/C25H32F2O3/c1-3-4-15-7-10-20-18(15)11-12-21(20)25(28)30-17-8-5-16(6-9-17)19-13-14-22(29-2)24(27)23(19)26/h7,13-14,16-18,20-21H,3-6,8-12H2,1-2H3. The highest BCUT2D eigenvalue weighted by Crippen LogP contribution is 2.49. The monoisotopic (exact) mass is 418 g/mol. The molecule has 30 heavy (non-hydrogen) atoms. The SMILES string of the molecule is CCCC1=CCC2C(C(=O)OC3CCC(c4ccc(OC)c(F)c4F)CC3)CCC12. The molecular formula is C25H32F2O3. The fourth-order valence-electron chi connectivity index (χ4n) is 5.93. The molecule has 1 aromatic carbocycles. The van der Waals surface area contributed by atoms with Crippen LogP contribution in [0, 0.1) is 29.4 Å². The van der Waals surface area contributed by atoms with E-state index in [-0.39, 0.29) is 29.7 Å². The summed E-state index contributed by atoms with van der Waals surface area (Å²) in [5.41, 5.74) is 1.95. The van der Waals surface area contributed by atoms with Crippen molar-refractivity contribution in [2.75, 3.05) is 7.11 Å². The Bertz CT molecular complexity index is 811. The van der Waals surface area contributed by atoms with Crippen LogP contribution in [0.25, 0.3) is 0 Å². The summed E-state index contributed by atoms with van der Waals surface area (Å²) in [7, 11) is 1.33. The molecule has 0 radical (unpaired) electrons. The first-order valence-electron chi connectivity index (χ1n) is 11.4. The Kier molecular flexibility index (Phi) is 6.45. The molecule has 4 rings (SSSR count). The fraction of sp³-hybridized carbons (Fsp3) is 0.640. The zero-order valence-electron chi connectivity index (χ0n) is 18.0. The Morgan fingerprint density at radius 1 is 1.07 bits per heavy atom.